The van der Waals surface area contributed by atoms with Gasteiger partial charge in [-0.05, 0) is 12.5 Å². The Morgan fingerprint density at radius 3 is 2.79 bits per heavy atom. The average Bonchev–Trinajstić information content (AvgIpc) is 2.34. The van der Waals surface area contributed by atoms with E-state index in [1.165, 1.54) is 25.6 Å². The lowest BCUT2D eigenvalue weighted by molar-refractivity contribution is 0.0602. The Bertz CT molecular complexity index is 557. The van der Waals surface area contributed by atoms with E-state index in [2.05, 4.69) is 15.0 Å². The van der Waals surface area contributed by atoms with E-state index in [4.69, 9.17) is 5.73 Å². The number of carbonyl (C=O) groups is 1. The first-order valence-corrected chi connectivity index (χ1v) is 7.65. The van der Waals surface area contributed by atoms with Gasteiger partial charge in [0.05, 0.1) is 24.1 Å². The van der Waals surface area contributed by atoms with Crippen molar-refractivity contribution < 1.29 is 17.9 Å². The summed E-state index contributed by atoms with van der Waals surface area (Å²) in [6, 6.07) is 1.46. The molecule has 1 heterocycles. The van der Waals surface area contributed by atoms with Gasteiger partial charge in [0.2, 0.25) is 0 Å². The van der Waals surface area contributed by atoms with E-state index in [9.17, 15) is 13.2 Å². The zero-order chi connectivity index (χ0) is 14.5. The number of carbonyl (C=O) groups excluding carboxylic acids is 1. The number of sulfone groups is 1. The van der Waals surface area contributed by atoms with Crippen LogP contribution in [0.15, 0.2) is 12.3 Å². The van der Waals surface area contributed by atoms with Gasteiger partial charge in [-0.1, -0.05) is 0 Å². The number of pyridine rings is 1. The van der Waals surface area contributed by atoms with Crippen molar-refractivity contribution in [3.8, 4) is 0 Å². The highest BCUT2D eigenvalue weighted by Gasteiger charge is 2.13. The van der Waals surface area contributed by atoms with Crippen molar-refractivity contribution >= 4 is 27.3 Å². The van der Waals surface area contributed by atoms with Crippen LogP contribution in [0.4, 0.5) is 11.5 Å². The van der Waals surface area contributed by atoms with Gasteiger partial charge in [0.25, 0.3) is 0 Å². The number of hydrogen-bond acceptors (Lipinski definition) is 7. The molecule has 0 aliphatic heterocycles. The normalized spacial score (nSPS) is 11.1. The summed E-state index contributed by atoms with van der Waals surface area (Å²) in [5.41, 5.74) is 6.20. The minimum Gasteiger partial charge on any atom is -0.465 e. The van der Waals surface area contributed by atoms with Crippen LogP contribution in [0.3, 0.4) is 0 Å². The van der Waals surface area contributed by atoms with E-state index < -0.39 is 15.8 Å². The molecule has 0 aliphatic carbocycles. The molecule has 0 saturated heterocycles. The largest absolute Gasteiger partial charge is 0.465 e. The van der Waals surface area contributed by atoms with Gasteiger partial charge >= 0.3 is 5.97 Å². The number of nitrogens with one attached hydrogen (secondary N) is 1. The summed E-state index contributed by atoms with van der Waals surface area (Å²) in [5.74, 6) is -0.119. The van der Waals surface area contributed by atoms with E-state index in [-0.39, 0.29) is 17.0 Å². The Balaban J connectivity index is 2.67. The standard InChI is InChI=1S/C11H17N3O4S/c1-18-11(15)8-4-6-14-10(9(8)12)13-5-3-7-19(2,16)17/h4,6H,3,5,7,12H2,1-2H3,(H,13,14). The Morgan fingerprint density at radius 1 is 1.53 bits per heavy atom. The number of methoxy groups -OCH3 is 1. The van der Waals surface area contributed by atoms with Gasteiger partial charge in [0.1, 0.15) is 15.7 Å². The highest BCUT2D eigenvalue weighted by molar-refractivity contribution is 7.90. The number of ether oxygens (including phenoxy) is 1. The summed E-state index contributed by atoms with van der Waals surface area (Å²) in [6.07, 6.45) is 3.04. The molecule has 0 aliphatic rings. The molecule has 0 saturated carbocycles. The minimum absolute atomic E-state index is 0.0800. The molecular weight excluding hydrogens is 270 g/mol. The zero-order valence-corrected chi connectivity index (χ0v) is 11.7. The van der Waals surface area contributed by atoms with Crippen LogP contribution in [0.2, 0.25) is 0 Å². The Kier molecular flexibility index (Phi) is 5.11. The lowest BCUT2D eigenvalue weighted by Crippen LogP contribution is -2.13. The van der Waals surface area contributed by atoms with Crippen molar-refractivity contribution in [2.75, 3.05) is 36.7 Å². The third-order valence-electron chi connectivity index (χ3n) is 2.38. The summed E-state index contributed by atoms with van der Waals surface area (Å²) in [5, 5.41) is 2.90. The Hall–Kier alpha value is -1.83. The van der Waals surface area contributed by atoms with Gasteiger partial charge in [-0.15, -0.1) is 0 Å². The number of nitrogens with two attached hydrogens (primary N) is 1. The lowest BCUT2D eigenvalue weighted by atomic mass is 10.2. The molecular formula is C11H17N3O4S. The van der Waals surface area contributed by atoms with Crippen molar-refractivity contribution in [2.24, 2.45) is 0 Å². The molecule has 19 heavy (non-hydrogen) atoms. The third-order valence-corrected chi connectivity index (χ3v) is 3.41. The number of nitrogen functional groups attached to an aromatic ring is 1. The van der Waals surface area contributed by atoms with E-state index in [1.807, 2.05) is 0 Å². The highest BCUT2D eigenvalue weighted by atomic mass is 32.2. The van der Waals surface area contributed by atoms with Gasteiger partial charge < -0.3 is 15.8 Å². The maximum Gasteiger partial charge on any atom is 0.340 e. The van der Waals surface area contributed by atoms with Gasteiger partial charge in [-0.2, -0.15) is 0 Å². The molecule has 0 bridgehead atoms. The van der Waals surface area contributed by atoms with Crippen LogP contribution in [-0.2, 0) is 14.6 Å². The van der Waals surface area contributed by atoms with Crippen molar-refractivity contribution in [3.05, 3.63) is 17.8 Å². The molecule has 1 aromatic rings. The smallest absolute Gasteiger partial charge is 0.340 e. The van der Waals surface area contributed by atoms with Crippen LogP contribution in [0, 0.1) is 0 Å². The Labute approximate surface area is 112 Å². The second kappa shape index (κ2) is 6.37. The molecule has 0 radical (unpaired) electrons. The van der Waals surface area contributed by atoms with Crippen molar-refractivity contribution in [1.29, 1.82) is 0 Å². The van der Waals surface area contributed by atoms with Crippen LogP contribution < -0.4 is 11.1 Å². The van der Waals surface area contributed by atoms with Gasteiger partial charge in [0, 0.05) is 19.0 Å². The maximum absolute atomic E-state index is 11.4. The van der Waals surface area contributed by atoms with Crippen molar-refractivity contribution in [1.82, 2.24) is 4.98 Å². The monoisotopic (exact) mass is 287 g/mol. The number of esters is 1. The lowest BCUT2D eigenvalue weighted by Gasteiger charge is -2.10. The number of hydrogen-bond donors (Lipinski definition) is 2. The fourth-order valence-corrected chi connectivity index (χ4v) is 2.11. The molecule has 0 amide bonds. The van der Waals surface area contributed by atoms with E-state index in [0.29, 0.717) is 18.8 Å². The molecule has 0 fully saturated rings. The van der Waals surface area contributed by atoms with Crippen LogP contribution in [0.5, 0.6) is 0 Å². The fourth-order valence-electron chi connectivity index (χ4n) is 1.44. The third kappa shape index (κ3) is 4.74. The van der Waals surface area contributed by atoms with Crippen molar-refractivity contribution in [2.45, 2.75) is 6.42 Å². The van der Waals surface area contributed by atoms with E-state index >= 15 is 0 Å². The van der Waals surface area contributed by atoms with Crippen LogP contribution in [0.1, 0.15) is 16.8 Å². The number of aromatic nitrogens is 1. The molecule has 0 unspecified atom stereocenters. The summed E-state index contributed by atoms with van der Waals surface area (Å²) >= 11 is 0. The van der Waals surface area contributed by atoms with E-state index in [0.717, 1.165) is 0 Å². The SMILES string of the molecule is COC(=O)c1ccnc(NCCCS(C)(=O)=O)c1N. The van der Waals surface area contributed by atoms with Crippen molar-refractivity contribution in [3.63, 3.8) is 0 Å². The first-order valence-electron chi connectivity index (χ1n) is 5.59. The zero-order valence-electron chi connectivity index (χ0n) is 10.8. The van der Waals surface area contributed by atoms with Crippen LogP contribution in [0.25, 0.3) is 0 Å². The first kappa shape index (κ1) is 15.2. The highest BCUT2D eigenvalue weighted by Crippen LogP contribution is 2.20. The van der Waals surface area contributed by atoms with Gasteiger partial charge in [-0.3, -0.25) is 0 Å². The number of rotatable bonds is 6. The minimum atomic E-state index is -2.98. The average molecular weight is 287 g/mol. The molecule has 1 rings (SSSR count). The molecule has 0 aromatic carbocycles. The predicted molar refractivity (Wildman–Crippen MR) is 72.8 cm³/mol. The molecule has 0 spiro atoms. The van der Waals surface area contributed by atoms with Gasteiger partial charge in [0.15, 0.2) is 0 Å². The summed E-state index contributed by atoms with van der Waals surface area (Å²) in [7, 11) is -1.71. The van der Waals surface area contributed by atoms with Crippen LogP contribution >= 0.6 is 0 Å². The predicted octanol–water partition coefficient (Wildman–Crippen LogP) is 0.297. The molecule has 3 N–H and O–H groups in total. The molecule has 106 valence electrons. The van der Waals surface area contributed by atoms with Gasteiger partial charge in [-0.25, -0.2) is 18.2 Å². The Morgan fingerprint density at radius 2 is 2.21 bits per heavy atom. The quantitative estimate of drug-likeness (QED) is 0.571. The topological polar surface area (TPSA) is 111 Å². The second-order valence-corrected chi connectivity index (χ2v) is 6.28. The maximum atomic E-state index is 11.4. The van der Waals surface area contributed by atoms with Crippen LogP contribution in [-0.4, -0.2) is 45.0 Å². The molecule has 1 aromatic heterocycles. The molecule has 7 nitrogen and oxygen atoms in total. The second-order valence-electron chi connectivity index (χ2n) is 4.02. The summed E-state index contributed by atoms with van der Waals surface area (Å²) < 4.78 is 26.5. The molecule has 8 heteroatoms. The van der Waals surface area contributed by atoms with E-state index in [1.54, 1.807) is 0 Å². The fraction of sp³-hybridized carbons (Fsp3) is 0.455. The number of nitrogens with zero attached hydrogens (tertiary/aromatic N) is 1. The summed E-state index contributed by atoms with van der Waals surface area (Å²) in [6.45, 7) is 0.398. The summed E-state index contributed by atoms with van der Waals surface area (Å²) in [4.78, 5) is 15.4. The first-order chi connectivity index (χ1) is 8.85. The number of anilines is 2. The molecule has 0 atom stereocenters.